The molecule has 19 heavy (non-hydrogen) atoms. The molecule has 0 aliphatic rings. The van der Waals surface area contributed by atoms with Crippen LogP contribution >= 0.6 is 0 Å². The van der Waals surface area contributed by atoms with Crippen molar-refractivity contribution < 1.29 is 4.42 Å². The molecule has 0 saturated carbocycles. The molecular formula is C14H20N4O. The van der Waals surface area contributed by atoms with Gasteiger partial charge in [-0.15, -0.1) is 10.2 Å². The molecular weight excluding hydrogens is 240 g/mol. The topological polar surface area (TPSA) is 68.2 Å². The molecule has 0 atom stereocenters. The van der Waals surface area contributed by atoms with Gasteiger partial charge in [-0.1, -0.05) is 17.7 Å². The summed E-state index contributed by atoms with van der Waals surface area (Å²) in [5.74, 6) is 1.21. The minimum Gasteiger partial charge on any atom is -0.419 e. The molecule has 0 fully saturated rings. The average molecular weight is 260 g/mol. The van der Waals surface area contributed by atoms with Gasteiger partial charge in [-0.05, 0) is 45.6 Å². The van der Waals surface area contributed by atoms with E-state index < -0.39 is 0 Å². The highest BCUT2D eigenvalue weighted by Crippen LogP contribution is 2.18. The van der Waals surface area contributed by atoms with E-state index in [0.717, 1.165) is 18.5 Å². The van der Waals surface area contributed by atoms with E-state index >= 15 is 0 Å². The minimum absolute atomic E-state index is 0.572. The van der Waals surface area contributed by atoms with Crippen LogP contribution in [0.1, 0.15) is 17.9 Å². The van der Waals surface area contributed by atoms with E-state index in [9.17, 15) is 0 Å². The van der Waals surface area contributed by atoms with Gasteiger partial charge in [0.15, 0.2) is 0 Å². The minimum atomic E-state index is 0.572. The number of rotatable bonds is 6. The Morgan fingerprint density at radius 1 is 1.21 bits per heavy atom. The fourth-order valence-corrected chi connectivity index (χ4v) is 1.80. The summed E-state index contributed by atoms with van der Waals surface area (Å²) in [6, 6.07) is 8.05. The third-order valence-corrected chi connectivity index (χ3v) is 2.91. The average Bonchev–Trinajstić information content (AvgIpc) is 2.85. The first-order valence-electron chi connectivity index (χ1n) is 6.47. The quantitative estimate of drug-likeness (QED) is 0.858. The maximum atomic E-state index is 5.67. The molecule has 1 aromatic carbocycles. The van der Waals surface area contributed by atoms with Crippen LogP contribution < -0.4 is 5.73 Å². The van der Waals surface area contributed by atoms with Crippen molar-refractivity contribution in [3.05, 3.63) is 35.7 Å². The van der Waals surface area contributed by atoms with Crippen molar-refractivity contribution in [2.75, 3.05) is 20.1 Å². The van der Waals surface area contributed by atoms with Gasteiger partial charge in [-0.3, -0.25) is 4.90 Å². The fourth-order valence-electron chi connectivity index (χ4n) is 1.80. The van der Waals surface area contributed by atoms with Crippen LogP contribution in [0, 0.1) is 6.92 Å². The Morgan fingerprint density at radius 3 is 2.63 bits per heavy atom. The van der Waals surface area contributed by atoms with E-state index in [1.165, 1.54) is 5.56 Å². The van der Waals surface area contributed by atoms with Gasteiger partial charge in [0, 0.05) is 5.56 Å². The van der Waals surface area contributed by atoms with Gasteiger partial charge in [0.25, 0.3) is 0 Å². The normalized spacial score (nSPS) is 11.2. The second-order valence-electron chi connectivity index (χ2n) is 4.75. The summed E-state index contributed by atoms with van der Waals surface area (Å²) in [6.45, 7) is 4.33. The molecule has 0 radical (unpaired) electrons. The zero-order valence-electron chi connectivity index (χ0n) is 11.5. The molecule has 2 aromatic rings. The Hall–Kier alpha value is -1.72. The van der Waals surface area contributed by atoms with Crippen LogP contribution in [0.25, 0.3) is 11.5 Å². The van der Waals surface area contributed by atoms with Crippen LogP contribution in [0.4, 0.5) is 0 Å². The highest BCUT2D eigenvalue weighted by molar-refractivity contribution is 5.52. The van der Waals surface area contributed by atoms with Gasteiger partial charge < -0.3 is 10.2 Å². The van der Waals surface area contributed by atoms with Crippen molar-refractivity contribution in [2.45, 2.75) is 19.9 Å². The van der Waals surface area contributed by atoms with Crippen LogP contribution in [0.2, 0.25) is 0 Å². The molecule has 0 amide bonds. The predicted octanol–water partition coefficient (Wildman–Crippen LogP) is 1.83. The smallest absolute Gasteiger partial charge is 0.247 e. The van der Waals surface area contributed by atoms with E-state index in [-0.39, 0.29) is 0 Å². The van der Waals surface area contributed by atoms with E-state index in [0.29, 0.717) is 24.9 Å². The number of nitrogens with two attached hydrogens (primary N) is 1. The van der Waals surface area contributed by atoms with Crippen LogP contribution in [0.15, 0.2) is 28.7 Å². The van der Waals surface area contributed by atoms with Crippen molar-refractivity contribution in [3.63, 3.8) is 0 Å². The first kappa shape index (κ1) is 13.7. The molecule has 0 aliphatic carbocycles. The van der Waals surface area contributed by atoms with Gasteiger partial charge in [0.05, 0.1) is 6.54 Å². The lowest BCUT2D eigenvalue weighted by atomic mass is 10.1. The van der Waals surface area contributed by atoms with Gasteiger partial charge in [0.1, 0.15) is 0 Å². The molecule has 102 valence electrons. The van der Waals surface area contributed by atoms with Gasteiger partial charge in [0.2, 0.25) is 11.8 Å². The molecule has 2 N–H and O–H groups in total. The highest BCUT2D eigenvalue weighted by Gasteiger charge is 2.10. The Labute approximate surface area is 113 Å². The monoisotopic (exact) mass is 260 g/mol. The van der Waals surface area contributed by atoms with Gasteiger partial charge >= 0.3 is 0 Å². The van der Waals surface area contributed by atoms with Crippen molar-refractivity contribution in [1.29, 1.82) is 0 Å². The third kappa shape index (κ3) is 3.87. The first-order chi connectivity index (χ1) is 9.19. The Balaban J connectivity index is 2.00. The van der Waals surface area contributed by atoms with E-state index in [4.69, 9.17) is 10.2 Å². The lowest BCUT2D eigenvalue weighted by Gasteiger charge is -2.12. The number of aromatic nitrogens is 2. The lowest BCUT2D eigenvalue weighted by Crippen LogP contribution is -2.21. The molecule has 0 bridgehead atoms. The second kappa shape index (κ2) is 6.45. The largest absolute Gasteiger partial charge is 0.419 e. The van der Waals surface area contributed by atoms with Crippen molar-refractivity contribution in [3.8, 4) is 11.5 Å². The summed E-state index contributed by atoms with van der Waals surface area (Å²) in [7, 11) is 2.02. The summed E-state index contributed by atoms with van der Waals surface area (Å²) >= 11 is 0. The molecule has 0 spiro atoms. The number of hydrogen-bond donors (Lipinski definition) is 1. The number of aryl methyl sites for hydroxylation is 1. The zero-order chi connectivity index (χ0) is 13.7. The summed E-state index contributed by atoms with van der Waals surface area (Å²) in [5.41, 5.74) is 7.65. The molecule has 0 saturated heterocycles. The van der Waals surface area contributed by atoms with Crippen LogP contribution in [0.3, 0.4) is 0 Å². The standard InChI is InChI=1S/C14H20N4O/c1-11-4-6-12(7-5-11)14-17-16-13(19-14)10-18(2)9-3-8-15/h4-7H,3,8-10,15H2,1-2H3. The van der Waals surface area contributed by atoms with Crippen molar-refractivity contribution in [1.82, 2.24) is 15.1 Å². The summed E-state index contributed by atoms with van der Waals surface area (Å²) in [5, 5.41) is 8.15. The molecule has 0 unspecified atom stereocenters. The molecule has 5 heteroatoms. The third-order valence-electron chi connectivity index (χ3n) is 2.91. The van der Waals surface area contributed by atoms with Gasteiger partial charge in [-0.2, -0.15) is 0 Å². The Morgan fingerprint density at radius 2 is 1.95 bits per heavy atom. The van der Waals surface area contributed by atoms with Crippen LogP contribution in [-0.2, 0) is 6.54 Å². The van der Waals surface area contributed by atoms with Crippen molar-refractivity contribution >= 4 is 0 Å². The zero-order valence-corrected chi connectivity index (χ0v) is 11.5. The Bertz CT molecular complexity index is 506. The number of nitrogens with zero attached hydrogens (tertiary/aromatic N) is 3. The predicted molar refractivity (Wildman–Crippen MR) is 74.5 cm³/mol. The molecule has 1 aromatic heterocycles. The summed E-state index contributed by atoms with van der Waals surface area (Å²) in [6.07, 6.45) is 0.968. The molecule has 2 rings (SSSR count). The number of benzene rings is 1. The van der Waals surface area contributed by atoms with E-state index in [1.807, 2.05) is 31.3 Å². The maximum absolute atomic E-state index is 5.67. The summed E-state index contributed by atoms with van der Waals surface area (Å²) < 4.78 is 5.67. The highest BCUT2D eigenvalue weighted by atomic mass is 16.4. The van der Waals surface area contributed by atoms with E-state index in [1.54, 1.807) is 0 Å². The second-order valence-corrected chi connectivity index (χ2v) is 4.75. The first-order valence-corrected chi connectivity index (χ1v) is 6.47. The molecule has 1 heterocycles. The number of hydrogen-bond acceptors (Lipinski definition) is 5. The lowest BCUT2D eigenvalue weighted by molar-refractivity contribution is 0.288. The SMILES string of the molecule is Cc1ccc(-c2nnc(CN(C)CCCN)o2)cc1. The Kier molecular flexibility index (Phi) is 4.65. The van der Waals surface area contributed by atoms with Gasteiger partial charge in [-0.25, -0.2) is 0 Å². The maximum Gasteiger partial charge on any atom is 0.247 e. The van der Waals surface area contributed by atoms with E-state index in [2.05, 4.69) is 22.0 Å². The van der Waals surface area contributed by atoms with Crippen molar-refractivity contribution in [2.24, 2.45) is 5.73 Å². The molecule has 0 aliphatic heterocycles. The van der Waals surface area contributed by atoms with Crippen LogP contribution in [-0.4, -0.2) is 35.2 Å². The fraction of sp³-hybridized carbons (Fsp3) is 0.429. The van der Waals surface area contributed by atoms with Crippen LogP contribution in [0.5, 0.6) is 0 Å². The molecule has 5 nitrogen and oxygen atoms in total. The summed E-state index contributed by atoms with van der Waals surface area (Å²) in [4.78, 5) is 2.12.